The standard InChI is InChI=1S/C20H30N6O/c1-12-9-13(2)23-20(22-12)26-15(4)17(14(3)25-26)10-19(27)24-18-8-6-5-7-16(18)11-21/h9,16,18H,5-8,10-11,21H2,1-4H3,(H,24,27). The van der Waals surface area contributed by atoms with E-state index in [-0.39, 0.29) is 11.9 Å². The van der Waals surface area contributed by atoms with E-state index in [1.807, 2.05) is 33.8 Å². The smallest absolute Gasteiger partial charge is 0.251 e. The SMILES string of the molecule is Cc1cc(C)nc(-n2nc(C)c(CC(=O)NC3CCCCC3CN)c2C)n1. The zero-order valence-corrected chi connectivity index (χ0v) is 16.7. The van der Waals surface area contributed by atoms with E-state index in [1.54, 1.807) is 4.68 Å². The third kappa shape index (κ3) is 4.35. The van der Waals surface area contributed by atoms with Gasteiger partial charge in [-0.2, -0.15) is 5.10 Å². The Bertz CT molecular complexity index is 808. The van der Waals surface area contributed by atoms with E-state index in [1.165, 1.54) is 6.42 Å². The summed E-state index contributed by atoms with van der Waals surface area (Å²) >= 11 is 0. The molecule has 1 saturated carbocycles. The Morgan fingerprint density at radius 1 is 1.19 bits per heavy atom. The highest BCUT2D eigenvalue weighted by Crippen LogP contribution is 2.24. The monoisotopic (exact) mass is 370 g/mol. The lowest BCUT2D eigenvalue weighted by Crippen LogP contribution is -2.45. The molecule has 146 valence electrons. The summed E-state index contributed by atoms with van der Waals surface area (Å²) in [5.74, 6) is 0.971. The molecule has 2 aromatic rings. The van der Waals surface area contributed by atoms with Crippen LogP contribution in [0.25, 0.3) is 5.95 Å². The van der Waals surface area contributed by atoms with E-state index in [0.29, 0.717) is 24.8 Å². The number of hydrogen-bond donors (Lipinski definition) is 2. The number of nitrogens with one attached hydrogen (secondary N) is 1. The Labute approximate surface area is 160 Å². The van der Waals surface area contributed by atoms with Crippen molar-refractivity contribution in [1.82, 2.24) is 25.1 Å². The van der Waals surface area contributed by atoms with Gasteiger partial charge in [0.2, 0.25) is 5.91 Å². The second-order valence-corrected chi connectivity index (χ2v) is 7.64. The van der Waals surface area contributed by atoms with Gasteiger partial charge < -0.3 is 11.1 Å². The Hall–Kier alpha value is -2.28. The van der Waals surface area contributed by atoms with Crippen LogP contribution in [-0.4, -0.2) is 38.2 Å². The second-order valence-electron chi connectivity index (χ2n) is 7.64. The molecule has 2 aromatic heterocycles. The van der Waals surface area contributed by atoms with Crippen LogP contribution in [0.2, 0.25) is 0 Å². The number of amides is 1. The first-order valence-electron chi connectivity index (χ1n) is 9.76. The number of carbonyl (C=O) groups excluding carboxylic acids is 1. The van der Waals surface area contributed by atoms with E-state index in [4.69, 9.17) is 5.73 Å². The highest BCUT2D eigenvalue weighted by molar-refractivity contribution is 5.79. The highest BCUT2D eigenvalue weighted by Gasteiger charge is 2.26. The molecule has 2 unspecified atom stereocenters. The van der Waals surface area contributed by atoms with Gasteiger partial charge >= 0.3 is 0 Å². The molecule has 7 heteroatoms. The average molecular weight is 371 g/mol. The maximum absolute atomic E-state index is 12.7. The summed E-state index contributed by atoms with van der Waals surface area (Å²) in [6.45, 7) is 8.41. The molecule has 0 radical (unpaired) electrons. The number of aryl methyl sites for hydroxylation is 3. The molecule has 27 heavy (non-hydrogen) atoms. The van der Waals surface area contributed by atoms with Crippen molar-refractivity contribution in [3.05, 3.63) is 34.4 Å². The number of rotatable bonds is 5. The number of nitrogens with zero attached hydrogens (tertiary/aromatic N) is 4. The fraction of sp³-hybridized carbons (Fsp3) is 0.600. The van der Waals surface area contributed by atoms with Crippen LogP contribution in [0.1, 0.15) is 54.0 Å². The molecule has 0 aromatic carbocycles. The predicted molar refractivity (Wildman–Crippen MR) is 105 cm³/mol. The van der Waals surface area contributed by atoms with Gasteiger partial charge in [-0.1, -0.05) is 12.8 Å². The molecule has 7 nitrogen and oxygen atoms in total. The van der Waals surface area contributed by atoms with Gasteiger partial charge in [-0.3, -0.25) is 4.79 Å². The lowest BCUT2D eigenvalue weighted by atomic mass is 9.84. The molecule has 0 spiro atoms. The summed E-state index contributed by atoms with van der Waals surface area (Å²) in [5, 5.41) is 7.79. The average Bonchev–Trinajstić information content (AvgIpc) is 2.89. The molecule has 1 amide bonds. The van der Waals surface area contributed by atoms with Crippen LogP contribution in [0.5, 0.6) is 0 Å². The molecule has 0 saturated heterocycles. The third-order valence-corrected chi connectivity index (χ3v) is 5.50. The molecule has 3 N–H and O–H groups in total. The Kier molecular flexibility index (Phi) is 5.89. The van der Waals surface area contributed by atoms with Gasteiger partial charge in [-0.15, -0.1) is 0 Å². The van der Waals surface area contributed by atoms with Crippen molar-refractivity contribution in [2.24, 2.45) is 11.7 Å². The highest BCUT2D eigenvalue weighted by atomic mass is 16.1. The molecule has 0 bridgehead atoms. The minimum absolute atomic E-state index is 0.0347. The third-order valence-electron chi connectivity index (χ3n) is 5.50. The normalized spacial score (nSPS) is 19.9. The lowest BCUT2D eigenvalue weighted by Gasteiger charge is -2.31. The number of nitrogens with two attached hydrogens (primary N) is 1. The number of hydrogen-bond acceptors (Lipinski definition) is 5. The second kappa shape index (κ2) is 8.17. The molecule has 2 heterocycles. The van der Waals surface area contributed by atoms with Gasteiger partial charge in [0.25, 0.3) is 5.95 Å². The van der Waals surface area contributed by atoms with Gasteiger partial charge in [-0.25, -0.2) is 14.6 Å². The van der Waals surface area contributed by atoms with E-state index in [0.717, 1.165) is 47.6 Å². The van der Waals surface area contributed by atoms with Crippen LogP contribution >= 0.6 is 0 Å². The summed E-state index contributed by atoms with van der Waals surface area (Å²) in [7, 11) is 0. The van der Waals surface area contributed by atoms with Crippen LogP contribution in [0, 0.1) is 33.6 Å². The minimum atomic E-state index is 0.0347. The van der Waals surface area contributed by atoms with Gasteiger partial charge in [0.05, 0.1) is 12.1 Å². The maximum Gasteiger partial charge on any atom is 0.251 e. The molecular weight excluding hydrogens is 340 g/mol. The van der Waals surface area contributed by atoms with Gasteiger partial charge in [-0.05, 0) is 59.1 Å². The fourth-order valence-corrected chi connectivity index (χ4v) is 4.03. The van der Waals surface area contributed by atoms with Crippen molar-refractivity contribution in [2.45, 2.75) is 65.8 Å². The van der Waals surface area contributed by atoms with Crippen molar-refractivity contribution in [3.63, 3.8) is 0 Å². The molecule has 1 aliphatic rings. The lowest BCUT2D eigenvalue weighted by molar-refractivity contribution is -0.121. The molecule has 2 atom stereocenters. The summed E-state index contributed by atoms with van der Waals surface area (Å²) in [5.41, 5.74) is 10.4. The van der Waals surface area contributed by atoms with Crippen molar-refractivity contribution >= 4 is 5.91 Å². The van der Waals surface area contributed by atoms with Crippen molar-refractivity contribution in [3.8, 4) is 5.95 Å². The van der Waals surface area contributed by atoms with Crippen molar-refractivity contribution < 1.29 is 4.79 Å². The zero-order chi connectivity index (χ0) is 19.6. The van der Waals surface area contributed by atoms with E-state index in [9.17, 15) is 4.79 Å². The van der Waals surface area contributed by atoms with Crippen LogP contribution < -0.4 is 11.1 Å². The van der Waals surface area contributed by atoms with Crippen LogP contribution in [0.15, 0.2) is 6.07 Å². The quantitative estimate of drug-likeness (QED) is 0.839. The summed E-state index contributed by atoms with van der Waals surface area (Å²) in [4.78, 5) is 21.7. The van der Waals surface area contributed by atoms with Crippen molar-refractivity contribution in [1.29, 1.82) is 0 Å². The Balaban J connectivity index is 1.77. The number of aromatic nitrogens is 4. The first-order chi connectivity index (χ1) is 12.9. The number of carbonyl (C=O) groups is 1. The zero-order valence-electron chi connectivity index (χ0n) is 16.7. The maximum atomic E-state index is 12.7. The first-order valence-corrected chi connectivity index (χ1v) is 9.76. The molecule has 1 aliphatic carbocycles. The summed E-state index contributed by atoms with van der Waals surface area (Å²) in [6.07, 6.45) is 4.79. The molecule has 3 rings (SSSR count). The Morgan fingerprint density at radius 2 is 1.85 bits per heavy atom. The molecular formula is C20H30N6O. The van der Waals surface area contributed by atoms with Gasteiger partial charge in [0.1, 0.15) is 0 Å². The van der Waals surface area contributed by atoms with Crippen molar-refractivity contribution in [2.75, 3.05) is 6.54 Å². The van der Waals surface area contributed by atoms with Gasteiger partial charge in [0, 0.05) is 28.7 Å². The van der Waals surface area contributed by atoms with E-state index in [2.05, 4.69) is 20.4 Å². The van der Waals surface area contributed by atoms with Gasteiger partial charge in [0.15, 0.2) is 0 Å². The largest absolute Gasteiger partial charge is 0.353 e. The summed E-state index contributed by atoms with van der Waals surface area (Å²) in [6, 6.07) is 2.12. The van der Waals surface area contributed by atoms with Crippen LogP contribution in [0.4, 0.5) is 0 Å². The van der Waals surface area contributed by atoms with E-state index >= 15 is 0 Å². The van der Waals surface area contributed by atoms with Crippen LogP contribution in [-0.2, 0) is 11.2 Å². The predicted octanol–water partition coefficient (Wildman–Crippen LogP) is 2.07. The Morgan fingerprint density at radius 3 is 2.52 bits per heavy atom. The summed E-state index contributed by atoms with van der Waals surface area (Å²) < 4.78 is 1.74. The minimum Gasteiger partial charge on any atom is -0.353 e. The fourth-order valence-electron chi connectivity index (χ4n) is 4.03. The topological polar surface area (TPSA) is 98.7 Å². The van der Waals surface area contributed by atoms with E-state index < -0.39 is 0 Å². The van der Waals surface area contributed by atoms with Crippen LogP contribution in [0.3, 0.4) is 0 Å². The first kappa shape index (κ1) is 19.5. The molecule has 1 fully saturated rings. The molecule has 0 aliphatic heterocycles.